The van der Waals surface area contributed by atoms with Crippen molar-refractivity contribution < 1.29 is 0 Å². The fourth-order valence-electron chi connectivity index (χ4n) is 4.31. The first-order valence-corrected chi connectivity index (χ1v) is 11.5. The smallest absolute Gasteiger partial charge is 0.126 e. The molecule has 0 unspecified atom stereocenters. The minimum Gasteiger partial charge on any atom is -0.367 e. The van der Waals surface area contributed by atoms with Crippen molar-refractivity contribution in [2.75, 3.05) is 24.7 Å². The minimum atomic E-state index is 0.465. The Morgan fingerprint density at radius 2 is 1.93 bits per heavy atom. The predicted octanol–water partition coefficient (Wildman–Crippen LogP) is 4.65. The Balaban J connectivity index is 1.52. The number of benzene rings is 1. The number of pyridine rings is 2. The first kappa shape index (κ1) is 19.3. The summed E-state index contributed by atoms with van der Waals surface area (Å²) in [5.41, 5.74) is 4.33. The van der Waals surface area contributed by atoms with E-state index in [4.69, 9.17) is 4.98 Å². The third-order valence-corrected chi connectivity index (χ3v) is 6.81. The lowest BCUT2D eigenvalue weighted by Crippen LogP contribution is -2.35. The van der Waals surface area contributed by atoms with Crippen LogP contribution in [0.1, 0.15) is 18.4 Å². The van der Waals surface area contributed by atoms with Crippen LogP contribution in [0.5, 0.6) is 0 Å². The number of hydrogen-bond donors (Lipinski definition) is 1. The second-order valence-electron chi connectivity index (χ2n) is 8.01. The van der Waals surface area contributed by atoms with Crippen LogP contribution in [-0.4, -0.2) is 49.4 Å². The summed E-state index contributed by atoms with van der Waals surface area (Å²) in [5, 5.41) is 11.6. The molecule has 0 bridgehead atoms. The molecule has 1 aromatic carbocycles. The van der Waals surface area contributed by atoms with E-state index >= 15 is 0 Å². The lowest BCUT2D eigenvalue weighted by molar-refractivity contribution is 0.359. The van der Waals surface area contributed by atoms with Crippen LogP contribution >= 0.6 is 11.9 Å². The third kappa shape index (κ3) is 3.63. The van der Waals surface area contributed by atoms with Crippen LogP contribution < -0.4 is 5.32 Å². The van der Waals surface area contributed by atoms with E-state index in [0.29, 0.717) is 6.04 Å². The van der Waals surface area contributed by atoms with Crippen LogP contribution in [0.2, 0.25) is 0 Å². The highest BCUT2D eigenvalue weighted by atomic mass is 32.2. The largest absolute Gasteiger partial charge is 0.367 e. The zero-order valence-corrected chi connectivity index (χ0v) is 18.4. The summed E-state index contributed by atoms with van der Waals surface area (Å²) < 4.78 is 4.28. The molecule has 0 aliphatic carbocycles. The molecule has 1 saturated heterocycles. The first-order chi connectivity index (χ1) is 14.6. The molecule has 0 saturated carbocycles. The maximum Gasteiger partial charge on any atom is 0.126 e. The van der Waals surface area contributed by atoms with Gasteiger partial charge in [0.1, 0.15) is 5.82 Å². The van der Waals surface area contributed by atoms with Gasteiger partial charge in [0.05, 0.1) is 11.2 Å². The number of rotatable bonds is 4. The number of hydrogen-bond acceptors (Lipinski definition) is 6. The molecule has 7 heteroatoms. The molecule has 1 N–H and O–H groups in total. The van der Waals surface area contributed by atoms with Gasteiger partial charge < -0.3 is 5.32 Å². The lowest BCUT2D eigenvalue weighted by Gasteiger charge is -2.30. The van der Waals surface area contributed by atoms with E-state index in [1.54, 1.807) is 0 Å². The van der Waals surface area contributed by atoms with Crippen LogP contribution in [0.25, 0.3) is 32.9 Å². The van der Waals surface area contributed by atoms with Gasteiger partial charge in [0, 0.05) is 66.5 Å². The van der Waals surface area contributed by atoms with Gasteiger partial charge in [0.25, 0.3) is 0 Å². The van der Waals surface area contributed by atoms with Crippen molar-refractivity contribution in [1.29, 1.82) is 0 Å². The molecule has 3 aromatic heterocycles. The Morgan fingerprint density at radius 1 is 1.10 bits per heavy atom. The van der Waals surface area contributed by atoms with Gasteiger partial charge in [-0.25, -0.2) is 4.98 Å². The van der Waals surface area contributed by atoms with Gasteiger partial charge in [0.2, 0.25) is 0 Å². The molecule has 6 nitrogen and oxygen atoms in total. The van der Waals surface area contributed by atoms with Crippen molar-refractivity contribution in [3.05, 3.63) is 48.4 Å². The van der Waals surface area contributed by atoms with Gasteiger partial charge >= 0.3 is 0 Å². The van der Waals surface area contributed by atoms with Crippen molar-refractivity contribution in [3.8, 4) is 11.3 Å². The summed E-state index contributed by atoms with van der Waals surface area (Å²) in [7, 11) is 1.96. The molecule has 30 heavy (non-hydrogen) atoms. The summed E-state index contributed by atoms with van der Waals surface area (Å²) in [6, 6.07) is 9.00. The normalized spacial score (nSPS) is 15.8. The fourth-order valence-corrected chi connectivity index (χ4v) is 4.88. The van der Waals surface area contributed by atoms with Crippen molar-refractivity contribution in [1.82, 2.24) is 24.1 Å². The Labute approximate surface area is 180 Å². The van der Waals surface area contributed by atoms with Crippen molar-refractivity contribution in [2.24, 2.45) is 7.05 Å². The van der Waals surface area contributed by atoms with E-state index in [1.807, 2.05) is 42.1 Å². The topological polar surface area (TPSA) is 58.9 Å². The molecule has 0 spiro atoms. The molecule has 1 aliphatic heterocycles. The van der Waals surface area contributed by atoms with Crippen LogP contribution in [0.3, 0.4) is 0 Å². The van der Waals surface area contributed by atoms with E-state index in [1.165, 1.54) is 5.56 Å². The number of nitrogens with one attached hydrogen (secondary N) is 1. The van der Waals surface area contributed by atoms with Gasteiger partial charge in [-0.1, -0.05) is 11.9 Å². The SMILES string of the molecule is CSN1CCC(Nc2cc3c(-c4cc5cn(C)nc5cc4C)nccc3cn2)CC1. The molecule has 1 aliphatic rings. The average molecular weight is 419 g/mol. The van der Waals surface area contributed by atoms with Crippen LogP contribution in [-0.2, 0) is 7.05 Å². The molecule has 4 heterocycles. The van der Waals surface area contributed by atoms with Crippen molar-refractivity contribution in [3.63, 3.8) is 0 Å². The van der Waals surface area contributed by atoms with E-state index in [0.717, 1.165) is 64.7 Å². The Kier molecular flexibility index (Phi) is 5.08. The number of nitrogens with zero attached hydrogens (tertiary/aromatic N) is 5. The number of fused-ring (bicyclic) bond motifs is 2. The van der Waals surface area contributed by atoms with E-state index in [-0.39, 0.29) is 0 Å². The predicted molar refractivity (Wildman–Crippen MR) is 126 cm³/mol. The van der Waals surface area contributed by atoms with Crippen molar-refractivity contribution in [2.45, 2.75) is 25.8 Å². The van der Waals surface area contributed by atoms with Gasteiger partial charge in [-0.05, 0) is 55.9 Å². The zero-order chi connectivity index (χ0) is 20.7. The zero-order valence-electron chi connectivity index (χ0n) is 17.6. The Hall–Kier alpha value is -2.64. The fraction of sp³-hybridized carbons (Fsp3) is 0.348. The number of piperidine rings is 1. The maximum atomic E-state index is 4.77. The van der Waals surface area contributed by atoms with Gasteiger partial charge in [-0.2, -0.15) is 5.10 Å². The van der Waals surface area contributed by atoms with E-state index in [9.17, 15) is 0 Å². The van der Waals surface area contributed by atoms with E-state index < -0.39 is 0 Å². The molecule has 0 atom stereocenters. The third-order valence-electron chi connectivity index (χ3n) is 5.93. The highest BCUT2D eigenvalue weighted by molar-refractivity contribution is 7.96. The number of aromatic nitrogens is 4. The molecule has 4 aromatic rings. The molecular weight excluding hydrogens is 392 g/mol. The van der Waals surface area contributed by atoms with Crippen LogP contribution in [0.15, 0.2) is 42.9 Å². The lowest BCUT2D eigenvalue weighted by atomic mass is 9.99. The summed E-state index contributed by atoms with van der Waals surface area (Å²) in [5.74, 6) is 0.930. The molecule has 0 amide bonds. The number of anilines is 1. The minimum absolute atomic E-state index is 0.465. The highest BCUT2D eigenvalue weighted by Crippen LogP contribution is 2.32. The summed E-state index contributed by atoms with van der Waals surface area (Å²) in [6.07, 6.45) is 10.3. The summed E-state index contributed by atoms with van der Waals surface area (Å²) in [6.45, 7) is 4.36. The standard InChI is InChI=1S/C23H26N6S/c1-15-10-21-17(14-28(2)27-21)11-19(15)23-20-12-22(25-13-16(20)4-7-24-23)26-18-5-8-29(30-3)9-6-18/h4,7,10-14,18H,5-6,8-9H2,1-3H3,(H,25,26). The van der Waals surface area contributed by atoms with Crippen molar-refractivity contribution >= 4 is 39.4 Å². The average Bonchev–Trinajstić information content (AvgIpc) is 3.12. The highest BCUT2D eigenvalue weighted by Gasteiger charge is 2.19. The summed E-state index contributed by atoms with van der Waals surface area (Å²) >= 11 is 1.83. The first-order valence-electron chi connectivity index (χ1n) is 10.4. The summed E-state index contributed by atoms with van der Waals surface area (Å²) in [4.78, 5) is 9.45. The second kappa shape index (κ2) is 7.89. The molecular formula is C23H26N6S. The van der Waals surface area contributed by atoms with Crippen LogP contribution in [0.4, 0.5) is 5.82 Å². The molecule has 0 radical (unpaired) electrons. The van der Waals surface area contributed by atoms with Gasteiger partial charge in [0.15, 0.2) is 0 Å². The molecule has 1 fully saturated rings. The second-order valence-corrected chi connectivity index (χ2v) is 8.89. The Bertz CT molecular complexity index is 1210. The number of aryl methyl sites for hydroxylation is 2. The van der Waals surface area contributed by atoms with Gasteiger partial charge in [-0.15, -0.1) is 0 Å². The Morgan fingerprint density at radius 3 is 2.73 bits per heavy atom. The quantitative estimate of drug-likeness (QED) is 0.487. The monoisotopic (exact) mass is 418 g/mol. The molecule has 5 rings (SSSR count). The van der Waals surface area contributed by atoms with Crippen LogP contribution in [0, 0.1) is 6.92 Å². The van der Waals surface area contributed by atoms with E-state index in [2.05, 4.69) is 57.3 Å². The maximum absolute atomic E-state index is 4.77. The molecule has 154 valence electrons. The van der Waals surface area contributed by atoms with Gasteiger partial charge in [-0.3, -0.25) is 14.0 Å².